The van der Waals surface area contributed by atoms with E-state index in [0.29, 0.717) is 0 Å². The lowest BCUT2D eigenvalue weighted by atomic mass is 10.2. The first-order chi connectivity index (χ1) is 8.29. The summed E-state index contributed by atoms with van der Waals surface area (Å²) in [6, 6.07) is 16.0. The maximum absolute atomic E-state index is 4.28. The Balaban J connectivity index is 2.22. The lowest BCUT2D eigenvalue weighted by molar-refractivity contribution is 1.19. The molecule has 0 N–H and O–H groups in total. The third-order valence-corrected chi connectivity index (χ3v) is 3.18. The molecule has 0 aromatic heterocycles. The highest BCUT2D eigenvalue weighted by atomic mass is 32.2. The molecular formula is C14H14N2S. The molecule has 0 aliphatic heterocycles. The van der Waals surface area contributed by atoms with Crippen molar-refractivity contribution < 1.29 is 0 Å². The standard InChI is InChI=1S/C14H14N2S/c1-11-7-9-12(10-8-11)15-16-13-5-3-4-6-14(13)17-2/h3-10H,1-2H3. The Hall–Kier alpha value is -1.61. The van der Waals surface area contributed by atoms with Gasteiger partial charge in [-0.3, -0.25) is 0 Å². The Bertz CT molecular complexity index is 518. The van der Waals surface area contributed by atoms with E-state index < -0.39 is 0 Å². The van der Waals surface area contributed by atoms with E-state index in [1.54, 1.807) is 11.8 Å². The van der Waals surface area contributed by atoms with Crippen LogP contribution in [0.1, 0.15) is 5.56 Å². The summed E-state index contributed by atoms with van der Waals surface area (Å²) in [5.74, 6) is 0. The molecule has 0 atom stereocenters. The smallest absolute Gasteiger partial charge is 0.0992 e. The van der Waals surface area contributed by atoms with Crippen LogP contribution in [0.15, 0.2) is 63.7 Å². The second-order valence-corrected chi connectivity index (χ2v) is 4.56. The van der Waals surface area contributed by atoms with Crippen LogP contribution in [0.4, 0.5) is 11.4 Å². The van der Waals surface area contributed by atoms with Gasteiger partial charge in [0.2, 0.25) is 0 Å². The first kappa shape index (κ1) is 11.9. The second kappa shape index (κ2) is 5.64. The summed E-state index contributed by atoms with van der Waals surface area (Å²) >= 11 is 1.68. The summed E-state index contributed by atoms with van der Waals surface area (Å²) in [5.41, 5.74) is 3.03. The predicted octanol–water partition coefficient (Wildman–Crippen LogP) is 5.13. The van der Waals surface area contributed by atoms with Gasteiger partial charge in [0, 0.05) is 4.90 Å². The number of thioether (sulfide) groups is 1. The van der Waals surface area contributed by atoms with Crippen LogP contribution in [0.2, 0.25) is 0 Å². The molecule has 0 unspecified atom stereocenters. The summed E-state index contributed by atoms with van der Waals surface area (Å²) < 4.78 is 0. The molecule has 0 amide bonds. The summed E-state index contributed by atoms with van der Waals surface area (Å²) in [5, 5.41) is 8.52. The topological polar surface area (TPSA) is 24.7 Å². The van der Waals surface area contributed by atoms with Gasteiger partial charge in [-0.15, -0.1) is 16.9 Å². The third-order valence-electron chi connectivity index (χ3n) is 2.39. The van der Waals surface area contributed by atoms with Gasteiger partial charge in [0.1, 0.15) is 0 Å². The molecule has 2 aromatic carbocycles. The molecule has 3 heteroatoms. The summed E-state index contributed by atoms with van der Waals surface area (Å²) in [6.45, 7) is 2.06. The monoisotopic (exact) mass is 242 g/mol. The van der Waals surface area contributed by atoms with Gasteiger partial charge >= 0.3 is 0 Å². The normalized spacial score (nSPS) is 10.9. The first-order valence-corrected chi connectivity index (χ1v) is 6.63. The van der Waals surface area contributed by atoms with E-state index in [2.05, 4.69) is 17.2 Å². The Morgan fingerprint density at radius 2 is 1.59 bits per heavy atom. The van der Waals surface area contributed by atoms with Crippen LogP contribution < -0.4 is 0 Å². The molecule has 2 nitrogen and oxygen atoms in total. The Morgan fingerprint density at radius 3 is 2.29 bits per heavy atom. The number of nitrogens with zero attached hydrogens (tertiary/aromatic N) is 2. The van der Waals surface area contributed by atoms with Crippen molar-refractivity contribution in [3.8, 4) is 0 Å². The van der Waals surface area contributed by atoms with Crippen molar-refractivity contribution in [1.29, 1.82) is 0 Å². The van der Waals surface area contributed by atoms with Gasteiger partial charge in [0.05, 0.1) is 11.4 Å². The maximum Gasteiger partial charge on any atom is 0.0992 e. The number of hydrogen-bond donors (Lipinski definition) is 0. The number of aryl methyl sites for hydroxylation is 1. The van der Waals surface area contributed by atoms with E-state index in [0.717, 1.165) is 16.3 Å². The quantitative estimate of drug-likeness (QED) is 0.540. The highest BCUT2D eigenvalue weighted by Crippen LogP contribution is 2.28. The van der Waals surface area contributed by atoms with Crippen molar-refractivity contribution in [2.75, 3.05) is 6.26 Å². The first-order valence-electron chi connectivity index (χ1n) is 5.41. The number of rotatable bonds is 3. The molecule has 0 fully saturated rings. The van der Waals surface area contributed by atoms with Crippen molar-refractivity contribution in [3.63, 3.8) is 0 Å². The fourth-order valence-corrected chi connectivity index (χ4v) is 1.97. The van der Waals surface area contributed by atoms with E-state index in [4.69, 9.17) is 0 Å². The molecule has 86 valence electrons. The van der Waals surface area contributed by atoms with Crippen molar-refractivity contribution >= 4 is 23.1 Å². The van der Waals surface area contributed by atoms with E-state index in [1.165, 1.54) is 5.56 Å². The zero-order valence-electron chi connectivity index (χ0n) is 9.92. The average Bonchev–Trinajstić information content (AvgIpc) is 2.38. The van der Waals surface area contributed by atoms with E-state index in [9.17, 15) is 0 Å². The summed E-state index contributed by atoms with van der Waals surface area (Å²) in [6.07, 6.45) is 2.04. The Kier molecular flexibility index (Phi) is 3.94. The van der Waals surface area contributed by atoms with E-state index in [1.807, 2.05) is 54.8 Å². The summed E-state index contributed by atoms with van der Waals surface area (Å²) in [7, 11) is 0. The minimum absolute atomic E-state index is 0.881. The lowest BCUT2D eigenvalue weighted by Crippen LogP contribution is -1.71. The molecule has 0 heterocycles. The van der Waals surface area contributed by atoms with Crippen LogP contribution in [0, 0.1) is 6.92 Å². The van der Waals surface area contributed by atoms with Crippen molar-refractivity contribution in [2.24, 2.45) is 10.2 Å². The molecule has 17 heavy (non-hydrogen) atoms. The SMILES string of the molecule is CSc1ccccc1N=Nc1ccc(C)cc1. The third kappa shape index (κ3) is 3.17. The zero-order chi connectivity index (χ0) is 12.1. The van der Waals surface area contributed by atoms with Crippen LogP contribution in [-0.4, -0.2) is 6.26 Å². The zero-order valence-corrected chi connectivity index (χ0v) is 10.7. The van der Waals surface area contributed by atoms with Gasteiger partial charge in [-0.25, -0.2) is 0 Å². The minimum Gasteiger partial charge on any atom is -0.151 e. The largest absolute Gasteiger partial charge is 0.151 e. The predicted molar refractivity (Wildman–Crippen MR) is 73.6 cm³/mol. The molecule has 0 saturated carbocycles. The highest BCUT2D eigenvalue weighted by Gasteiger charge is 1.97. The van der Waals surface area contributed by atoms with Crippen LogP contribution in [0.25, 0.3) is 0 Å². The molecule has 0 radical (unpaired) electrons. The van der Waals surface area contributed by atoms with Gasteiger partial charge in [0.15, 0.2) is 0 Å². The average molecular weight is 242 g/mol. The van der Waals surface area contributed by atoms with E-state index in [-0.39, 0.29) is 0 Å². The van der Waals surface area contributed by atoms with Gasteiger partial charge < -0.3 is 0 Å². The number of azo groups is 1. The van der Waals surface area contributed by atoms with Crippen LogP contribution in [0.3, 0.4) is 0 Å². The minimum atomic E-state index is 0.881. The van der Waals surface area contributed by atoms with Crippen LogP contribution >= 0.6 is 11.8 Å². The number of hydrogen-bond acceptors (Lipinski definition) is 3. The molecular weight excluding hydrogens is 228 g/mol. The fraction of sp³-hybridized carbons (Fsp3) is 0.143. The lowest BCUT2D eigenvalue weighted by Gasteiger charge is -1.99. The Morgan fingerprint density at radius 1 is 0.882 bits per heavy atom. The van der Waals surface area contributed by atoms with Gasteiger partial charge in [-0.1, -0.05) is 29.8 Å². The molecule has 0 saturated heterocycles. The second-order valence-electron chi connectivity index (χ2n) is 3.71. The molecule has 2 rings (SSSR count). The molecule has 0 aliphatic rings. The van der Waals surface area contributed by atoms with Gasteiger partial charge in [-0.2, -0.15) is 5.11 Å². The van der Waals surface area contributed by atoms with Crippen LogP contribution in [-0.2, 0) is 0 Å². The van der Waals surface area contributed by atoms with E-state index >= 15 is 0 Å². The maximum atomic E-state index is 4.28. The van der Waals surface area contributed by atoms with Crippen molar-refractivity contribution in [1.82, 2.24) is 0 Å². The van der Waals surface area contributed by atoms with Crippen molar-refractivity contribution in [3.05, 3.63) is 54.1 Å². The molecule has 0 aliphatic carbocycles. The number of benzene rings is 2. The molecule has 0 spiro atoms. The van der Waals surface area contributed by atoms with Crippen molar-refractivity contribution in [2.45, 2.75) is 11.8 Å². The molecule has 0 bridgehead atoms. The van der Waals surface area contributed by atoms with Gasteiger partial charge in [-0.05, 0) is 37.4 Å². The molecule has 2 aromatic rings. The Labute approximate surface area is 106 Å². The van der Waals surface area contributed by atoms with Gasteiger partial charge in [0.25, 0.3) is 0 Å². The fourth-order valence-electron chi connectivity index (χ4n) is 1.44. The van der Waals surface area contributed by atoms with Crippen LogP contribution in [0.5, 0.6) is 0 Å². The highest BCUT2D eigenvalue weighted by molar-refractivity contribution is 7.98. The summed E-state index contributed by atoms with van der Waals surface area (Å²) in [4.78, 5) is 1.14.